The molecule has 0 aliphatic heterocycles. The van der Waals surface area contributed by atoms with Gasteiger partial charge >= 0.3 is 0 Å². The van der Waals surface area contributed by atoms with E-state index in [1.54, 1.807) is 0 Å². The summed E-state index contributed by atoms with van der Waals surface area (Å²) in [5.41, 5.74) is -1.86. The predicted molar refractivity (Wildman–Crippen MR) is 37.9 cm³/mol. The van der Waals surface area contributed by atoms with Gasteiger partial charge in [0.1, 0.15) is 0 Å². The van der Waals surface area contributed by atoms with E-state index in [0.29, 0.717) is 0 Å². The summed E-state index contributed by atoms with van der Waals surface area (Å²) >= 11 is -3.82. The van der Waals surface area contributed by atoms with E-state index in [-0.39, 0.29) is 0 Å². The van der Waals surface area contributed by atoms with E-state index in [9.17, 15) is 29.7 Å². The van der Waals surface area contributed by atoms with Gasteiger partial charge in [0.15, 0.2) is 29.0 Å². The van der Waals surface area contributed by atoms with E-state index in [4.69, 9.17) is 0 Å². The quantitative estimate of drug-likeness (QED) is 0.411. The van der Waals surface area contributed by atoms with E-state index in [2.05, 4.69) is 0 Å². The zero-order chi connectivity index (χ0) is 11.7. The molecular formula is C6F7NS. The molecular weight excluding hydrogens is 251 g/mol. The van der Waals surface area contributed by atoms with Gasteiger partial charge in [-0.15, -0.1) is 7.77 Å². The largest absolute Gasteiger partial charge is 0.266 e. The van der Waals surface area contributed by atoms with Gasteiger partial charge in [0.2, 0.25) is 5.82 Å². The van der Waals surface area contributed by atoms with Crippen LogP contribution in [0.25, 0.3) is 0 Å². The van der Waals surface area contributed by atoms with Gasteiger partial charge in [0.25, 0.3) is 11.5 Å². The maximum Gasteiger partial charge on any atom is 0.266 e. The van der Waals surface area contributed by atoms with E-state index in [1.165, 1.54) is 0 Å². The predicted octanol–water partition coefficient (Wildman–Crippen LogP) is 3.58. The maximum atomic E-state index is 12.6. The van der Waals surface area contributed by atoms with Crippen LogP contribution >= 0.6 is 0 Å². The Balaban J connectivity index is 3.60. The van der Waals surface area contributed by atoms with E-state index >= 15 is 0 Å². The van der Waals surface area contributed by atoms with Gasteiger partial charge in [0, 0.05) is 0 Å². The van der Waals surface area contributed by atoms with Crippen molar-refractivity contribution in [3.8, 4) is 0 Å². The SMILES string of the molecule is Fc1c(F)c(F)c(N=S(F)F)c(F)c1F. The van der Waals surface area contributed by atoms with Gasteiger partial charge in [-0.1, -0.05) is 0 Å². The first-order chi connectivity index (χ1) is 6.86. The van der Waals surface area contributed by atoms with Crippen LogP contribution in [0.3, 0.4) is 0 Å². The van der Waals surface area contributed by atoms with Crippen molar-refractivity contribution < 1.29 is 29.7 Å². The molecule has 0 atom stereocenters. The summed E-state index contributed by atoms with van der Waals surface area (Å²) < 4.78 is 87.7. The molecule has 9 heteroatoms. The van der Waals surface area contributed by atoms with E-state index in [0.717, 1.165) is 0 Å². The van der Waals surface area contributed by atoms with Gasteiger partial charge in [-0.3, -0.25) is 0 Å². The molecule has 0 amide bonds. The minimum Gasteiger partial charge on any atom is -0.201 e. The van der Waals surface area contributed by atoms with Crippen LogP contribution in [0, 0.1) is 29.1 Å². The van der Waals surface area contributed by atoms with Gasteiger partial charge in [0.05, 0.1) is 0 Å². The third-order valence-corrected chi connectivity index (χ3v) is 1.67. The Hall–Kier alpha value is -1.12. The minimum atomic E-state index is -3.82. The van der Waals surface area contributed by atoms with Crippen molar-refractivity contribution in [2.75, 3.05) is 0 Å². The lowest BCUT2D eigenvalue weighted by molar-refractivity contribution is 0.381. The lowest BCUT2D eigenvalue weighted by Crippen LogP contribution is -2.00. The number of halogens is 7. The minimum absolute atomic E-state index is 1.86. The number of hydrogen-bond acceptors (Lipinski definition) is 1. The first kappa shape index (κ1) is 12.0. The number of hydrogen-bond donors (Lipinski definition) is 0. The molecule has 1 aromatic carbocycles. The second-order valence-electron chi connectivity index (χ2n) is 2.21. The summed E-state index contributed by atoms with van der Waals surface area (Å²) in [5, 5.41) is 0. The molecule has 0 aromatic heterocycles. The molecule has 0 spiro atoms. The molecule has 0 unspecified atom stereocenters. The smallest absolute Gasteiger partial charge is 0.201 e. The van der Waals surface area contributed by atoms with Crippen molar-refractivity contribution in [1.29, 1.82) is 0 Å². The Labute approximate surface area is 81.2 Å². The van der Waals surface area contributed by atoms with Crippen LogP contribution in [0.1, 0.15) is 0 Å². The third-order valence-electron chi connectivity index (χ3n) is 1.35. The van der Waals surface area contributed by atoms with Crippen LogP contribution < -0.4 is 0 Å². The highest BCUT2D eigenvalue weighted by Gasteiger charge is 2.26. The molecule has 1 nitrogen and oxygen atoms in total. The fraction of sp³-hybridized carbons (Fsp3) is 0. The zero-order valence-corrected chi connectivity index (χ0v) is 7.32. The third kappa shape index (κ3) is 2.11. The topological polar surface area (TPSA) is 12.4 Å². The number of rotatable bonds is 1. The normalized spacial score (nSPS) is 10.9. The Morgan fingerprint density at radius 1 is 0.667 bits per heavy atom. The lowest BCUT2D eigenvalue weighted by Gasteiger charge is -2.02. The van der Waals surface area contributed by atoms with Gasteiger partial charge in [-0.2, -0.15) is 4.36 Å². The monoisotopic (exact) mass is 251 g/mol. The van der Waals surface area contributed by atoms with Crippen molar-refractivity contribution in [3.63, 3.8) is 0 Å². The van der Waals surface area contributed by atoms with Crippen LogP contribution in [0.2, 0.25) is 0 Å². The summed E-state index contributed by atoms with van der Waals surface area (Å²) in [6.45, 7) is 0. The molecule has 0 aliphatic rings. The summed E-state index contributed by atoms with van der Waals surface area (Å²) in [6.07, 6.45) is 0. The molecule has 84 valence electrons. The average Bonchev–Trinajstić information content (AvgIpc) is 2.18. The van der Waals surface area contributed by atoms with Gasteiger partial charge < -0.3 is 0 Å². The Kier molecular flexibility index (Phi) is 3.32. The highest BCUT2D eigenvalue weighted by Crippen LogP contribution is 2.30. The highest BCUT2D eigenvalue weighted by molar-refractivity contribution is 7.76. The van der Waals surface area contributed by atoms with Crippen molar-refractivity contribution in [3.05, 3.63) is 29.1 Å². The molecule has 0 aliphatic carbocycles. The average molecular weight is 251 g/mol. The standard InChI is InChI=1S/C6F7NS/c7-1-2(8)4(10)6(14-15(12)13)5(11)3(1)9. The molecule has 0 heterocycles. The number of nitrogens with zero attached hydrogens (tertiary/aromatic N) is 1. The number of benzene rings is 1. The first-order valence-corrected chi connectivity index (χ1v) is 4.14. The maximum absolute atomic E-state index is 12.6. The molecule has 1 rings (SSSR count). The summed E-state index contributed by atoms with van der Waals surface area (Å²) in [7, 11) is 0. The molecule has 1 aromatic rings. The first-order valence-electron chi connectivity index (χ1n) is 3.16. The molecule has 0 saturated heterocycles. The molecule has 15 heavy (non-hydrogen) atoms. The van der Waals surface area contributed by atoms with Crippen LogP contribution in [-0.2, 0) is 11.5 Å². The fourth-order valence-corrected chi connectivity index (χ4v) is 1.04. The van der Waals surface area contributed by atoms with Crippen LogP contribution in [0.15, 0.2) is 4.36 Å². The highest BCUT2D eigenvalue weighted by atomic mass is 32.2. The molecule has 0 N–H and O–H groups in total. The Morgan fingerprint density at radius 2 is 1.00 bits per heavy atom. The van der Waals surface area contributed by atoms with Gasteiger partial charge in [-0.05, 0) is 0 Å². The Bertz CT molecular complexity index is 411. The van der Waals surface area contributed by atoms with E-state index in [1.807, 2.05) is 4.36 Å². The van der Waals surface area contributed by atoms with Crippen molar-refractivity contribution >= 4 is 17.2 Å². The fourth-order valence-electron chi connectivity index (χ4n) is 0.742. The van der Waals surface area contributed by atoms with E-state index < -0.39 is 46.2 Å². The van der Waals surface area contributed by atoms with Crippen molar-refractivity contribution in [1.82, 2.24) is 0 Å². The molecule has 0 radical (unpaired) electrons. The van der Waals surface area contributed by atoms with Crippen LogP contribution in [0.5, 0.6) is 0 Å². The van der Waals surface area contributed by atoms with Crippen molar-refractivity contribution in [2.24, 2.45) is 4.36 Å². The summed E-state index contributed by atoms with van der Waals surface area (Å²) in [6, 6.07) is 0. The van der Waals surface area contributed by atoms with Gasteiger partial charge in [-0.25, -0.2) is 22.0 Å². The molecule has 0 fully saturated rings. The molecule has 0 saturated carbocycles. The Morgan fingerprint density at radius 3 is 1.33 bits per heavy atom. The molecule has 0 bridgehead atoms. The second-order valence-corrected chi connectivity index (χ2v) is 2.78. The summed E-state index contributed by atoms with van der Waals surface area (Å²) in [5.74, 6) is -11.8. The van der Waals surface area contributed by atoms with Crippen LogP contribution in [-0.4, -0.2) is 0 Å². The van der Waals surface area contributed by atoms with Crippen molar-refractivity contribution in [2.45, 2.75) is 0 Å². The lowest BCUT2D eigenvalue weighted by atomic mass is 10.2. The zero-order valence-electron chi connectivity index (χ0n) is 6.50. The summed E-state index contributed by atoms with van der Waals surface area (Å²) in [4.78, 5) is 0. The van der Waals surface area contributed by atoms with Crippen LogP contribution in [0.4, 0.5) is 35.4 Å². The second kappa shape index (κ2) is 4.17.